The van der Waals surface area contributed by atoms with E-state index in [0.717, 1.165) is 18.2 Å². The van der Waals surface area contributed by atoms with Crippen LogP contribution < -0.4 is 5.32 Å². The lowest BCUT2D eigenvalue weighted by Crippen LogP contribution is -2.43. The maximum Gasteiger partial charge on any atom is 0.169 e. The smallest absolute Gasteiger partial charge is 0.169 e. The summed E-state index contributed by atoms with van der Waals surface area (Å²) in [7, 11) is 4.28. The first kappa shape index (κ1) is 12.7. The zero-order chi connectivity index (χ0) is 11.6. The zero-order valence-corrected chi connectivity index (χ0v) is 11.3. The third-order valence-electron chi connectivity index (χ3n) is 2.94. The maximum atomic E-state index is 5.38. The van der Waals surface area contributed by atoms with Crippen LogP contribution in [0, 0.1) is 5.92 Å². The van der Waals surface area contributed by atoms with Crippen molar-refractivity contribution in [1.29, 1.82) is 0 Å². The summed E-state index contributed by atoms with van der Waals surface area (Å²) in [5, 5.41) is 4.21. The van der Waals surface area contributed by atoms with Crippen LogP contribution in [0.15, 0.2) is 0 Å². The Bertz CT molecular complexity index is 228. The minimum Gasteiger partial charge on any atom is -0.360 e. The molecule has 0 aromatic rings. The van der Waals surface area contributed by atoms with Crippen LogP contribution in [0.5, 0.6) is 0 Å². The lowest BCUT2D eigenvalue weighted by molar-refractivity contribution is 0.262. The van der Waals surface area contributed by atoms with Crippen molar-refractivity contribution >= 4 is 17.3 Å². The fraction of sp³-hybridized carbons (Fsp3) is 0.909. The predicted octanol–water partition coefficient (Wildman–Crippen LogP) is 1.15. The SMILES string of the molecule is CC(C)NC(=S)N1CC(C)C(N(C)C)C1. The van der Waals surface area contributed by atoms with Crippen LogP contribution in [0.3, 0.4) is 0 Å². The molecule has 0 aromatic carbocycles. The van der Waals surface area contributed by atoms with E-state index in [1.165, 1.54) is 0 Å². The molecule has 1 heterocycles. The highest BCUT2D eigenvalue weighted by Gasteiger charge is 2.32. The molecule has 1 rings (SSSR count). The number of rotatable bonds is 2. The second kappa shape index (κ2) is 5.12. The molecule has 2 unspecified atom stereocenters. The minimum atomic E-state index is 0.422. The van der Waals surface area contributed by atoms with Crippen LogP contribution in [-0.4, -0.2) is 54.2 Å². The number of nitrogens with zero attached hydrogens (tertiary/aromatic N) is 2. The Hall–Kier alpha value is -0.350. The largest absolute Gasteiger partial charge is 0.360 e. The van der Waals surface area contributed by atoms with E-state index in [0.29, 0.717) is 18.0 Å². The summed E-state index contributed by atoms with van der Waals surface area (Å²) < 4.78 is 0. The van der Waals surface area contributed by atoms with E-state index in [2.05, 4.69) is 50.0 Å². The van der Waals surface area contributed by atoms with Crippen LogP contribution >= 0.6 is 12.2 Å². The fourth-order valence-corrected chi connectivity index (χ4v) is 2.51. The van der Waals surface area contributed by atoms with E-state index >= 15 is 0 Å². The van der Waals surface area contributed by atoms with Crippen molar-refractivity contribution < 1.29 is 0 Å². The molecule has 0 amide bonds. The molecule has 0 saturated carbocycles. The molecule has 2 atom stereocenters. The standard InChI is InChI=1S/C11H23N3S/c1-8(2)12-11(15)14-6-9(3)10(7-14)13(4)5/h8-10H,6-7H2,1-5H3,(H,12,15). The average Bonchev–Trinajstić information content (AvgIpc) is 2.46. The molecule has 0 aromatic heterocycles. The zero-order valence-electron chi connectivity index (χ0n) is 10.4. The number of hydrogen-bond acceptors (Lipinski definition) is 2. The Kier molecular flexibility index (Phi) is 4.34. The summed E-state index contributed by atoms with van der Waals surface area (Å²) in [4.78, 5) is 4.58. The van der Waals surface area contributed by atoms with Crippen molar-refractivity contribution in [1.82, 2.24) is 15.1 Å². The molecule has 1 N–H and O–H groups in total. The van der Waals surface area contributed by atoms with Crippen molar-refractivity contribution in [3.8, 4) is 0 Å². The van der Waals surface area contributed by atoms with E-state index in [9.17, 15) is 0 Å². The summed E-state index contributed by atoms with van der Waals surface area (Å²) in [5.41, 5.74) is 0. The highest BCUT2D eigenvalue weighted by molar-refractivity contribution is 7.80. The fourth-order valence-electron chi connectivity index (χ4n) is 2.13. The topological polar surface area (TPSA) is 18.5 Å². The van der Waals surface area contributed by atoms with Crippen molar-refractivity contribution in [3.05, 3.63) is 0 Å². The van der Waals surface area contributed by atoms with Gasteiger partial charge in [-0.3, -0.25) is 0 Å². The first-order valence-corrected chi connectivity index (χ1v) is 6.04. The molecular weight excluding hydrogens is 206 g/mol. The Morgan fingerprint density at radius 2 is 2.00 bits per heavy atom. The molecular formula is C11H23N3S. The minimum absolute atomic E-state index is 0.422. The van der Waals surface area contributed by atoms with Crippen molar-refractivity contribution in [3.63, 3.8) is 0 Å². The second-order valence-electron chi connectivity index (χ2n) is 5.02. The highest BCUT2D eigenvalue weighted by Crippen LogP contribution is 2.19. The Morgan fingerprint density at radius 1 is 1.40 bits per heavy atom. The summed E-state index contributed by atoms with van der Waals surface area (Å²) >= 11 is 5.38. The number of likely N-dealkylation sites (tertiary alicyclic amines) is 1. The summed E-state index contributed by atoms with van der Waals surface area (Å²) in [6.45, 7) is 8.65. The van der Waals surface area contributed by atoms with E-state index < -0.39 is 0 Å². The van der Waals surface area contributed by atoms with Crippen LogP contribution in [-0.2, 0) is 0 Å². The Morgan fingerprint density at radius 3 is 2.40 bits per heavy atom. The lowest BCUT2D eigenvalue weighted by atomic mass is 10.1. The molecule has 4 heteroatoms. The number of likely N-dealkylation sites (N-methyl/N-ethyl adjacent to an activating group) is 1. The molecule has 88 valence electrons. The van der Waals surface area contributed by atoms with Gasteiger partial charge in [0, 0.05) is 25.2 Å². The van der Waals surface area contributed by atoms with Gasteiger partial charge in [-0.2, -0.15) is 0 Å². The van der Waals surface area contributed by atoms with Crippen LogP contribution in [0.2, 0.25) is 0 Å². The van der Waals surface area contributed by atoms with Crippen molar-refractivity contribution in [2.75, 3.05) is 27.2 Å². The van der Waals surface area contributed by atoms with Gasteiger partial charge in [0.15, 0.2) is 5.11 Å². The van der Waals surface area contributed by atoms with Gasteiger partial charge in [-0.05, 0) is 46.1 Å². The lowest BCUT2D eigenvalue weighted by Gasteiger charge is -2.24. The van der Waals surface area contributed by atoms with Crippen molar-refractivity contribution in [2.24, 2.45) is 5.92 Å². The average molecular weight is 229 g/mol. The van der Waals surface area contributed by atoms with Gasteiger partial charge in [0.2, 0.25) is 0 Å². The molecule has 1 aliphatic rings. The number of nitrogens with one attached hydrogen (secondary N) is 1. The Labute approximate surface area is 98.8 Å². The molecule has 1 saturated heterocycles. The molecule has 0 aliphatic carbocycles. The van der Waals surface area contributed by atoms with Gasteiger partial charge in [-0.1, -0.05) is 6.92 Å². The molecule has 3 nitrogen and oxygen atoms in total. The van der Waals surface area contributed by atoms with Gasteiger partial charge in [-0.25, -0.2) is 0 Å². The normalized spacial score (nSPS) is 26.5. The number of thiocarbonyl (C=S) groups is 1. The summed E-state index contributed by atoms with van der Waals surface area (Å²) in [6.07, 6.45) is 0. The third-order valence-corrected chi connectivity index (χ3v) is 3.31. The van der Waals surface area contributed by atoms with E-state index in [-0.39, 0.29) is 0 Å². The third kappa shape index (κ3) is 3.31. The molecule has 0 radical (unpaired) electrons. The van der Waals surface area contributed by atoms with Gasteiger partial charge in [-0.15, -0.1) is 0 Å². The van der Waals surface area contributed by atoms with Gasteiger partial charge < -0.3 is 15.1 Å². The molecule has 1 aliphatic heterocycles. The maximum absolute atomic E-state index is 5.38. The van der Waals surface area contributed by atoms with Crippen molar-refractivity contribution in [2.45, 2.75) is 32.9 Å². The van der Waals surface area contributed by atoms with E-state index in [1.54, 1.807) is 0 Å². The van der Waals surface area contributed by atoms with Gasteiger partial charge in [0.1, 0.15) is 0 Å². The molecule has 0 spiro atoms. The quantitative estimate of drug-likeness (QED) is 0.716. The van der Waals surface area contributed by atoms with Gasteiger partial charge in [0.05, 0.1) is 0 Å². The monoisotopic (exact) mass is 229 g/mol. The summed E-state index contributed by atoms with van der Waals surface area (Å²) in [5.74, 6) is 0.687. The van der Waals surface area contributed by atoms with Crippen LogP contribution in [0.25, 0.3) is 0 Å². The highest BCUT2D eigenvalue weighted by atomic mass is 32.1. The molecule has 1 fully saturated rings. The predicted molar refractivity (Wildman–Crippen MR) is 69.1 cm³/mol. The Balaban J connectivity index is 2.50. The first-order valence-electron chi connectivity index (χ1n) is 5.63. The van der Waals surface area contributed by atoms with E-state index in [4.69, 9.17) is 12.2 Å². The summed E-state index contributed by atoms with van der Waals surface area (Å²) in [6, 6.07) is 1.04. The molecule has 0 bridgehead atoms. The molecule has 15 heavy (non-hydrogen) atoms. The van der Waals surface area contributed by atoms with Crippen LogP contribution in [0.1, 0.15) is 20.8 Å². The van der Waals surface area contributed by atoms with Crippen LogP contribution in [0.4, 0.5) is 0 Å². The van der Waals surface area contributed by atoms with E-state index in [1.807, 2.05) is 0 Å². The first-order chi connectivity index (χ1) is 6.91. The number of hydrogen-bond donors (Lipinski definition) is 1. The van der Waals surface area contributed by atoms with Gasteiger partial charge in [0.25, 0.3) is 0 Å². The second-order valence-corrected chi connectivity index (χ2v) is 5.40. The van der Waals surface area contributed by atoms with Gasteiger partial charge >= 0.3 is 0 Å².